The van der Waals surface area contributed by atoms with Crippen molar-refractivity contribution in [3.8, 4) is 0 Å². The summed E-state index contributed by atoms with van der Waals surface area (Å²) in [4.78, 5) is 10.7. The smallest absolute Gasteiger partial charge is 0.416 e. The highest BCUT2D eigenvalue weighted by Crippen LogP contribution is 2.32. The molecule has 2 aromatic rings. The Hall–Kier alpha value is -2.46. The van der Waals surface area contributed by atoms with Gasteiger partial charge in [0.1, 0.15) is 16.8 Å². The summed E-state index contributed by atoms with van der Waals surface area (Å²) in [5.41, 5.74) is -1.16. The van der Waals surface area contributed by atoms with Crippen molar-refractivity contribution in [2.45, 2.75) is 17.1 Å². The number of methoxy groups -OCH3 is 1. The number of sulfonamides is 1. The minimum absolute atomic E-state index is 0.164. The third-order valence-corrected chi connectivity index (χ3v) is 4.83. The second kappa shape index (κ2) is 7.42. The normalized spacial score (nSPS) is 13.3. The zero-order valence-electron chi connectivity index (χ0n) is 13.2. The first-order valence-electron chi connectivity index (χ1n) is 7.08. The van der Waals surface area contributed by atoms with E-state index in [1.165, 1.54) is 24.3 Å². The molecule has 0 fully saturated rings. The molecule has 0 aliphatic rings. The van der Waals surface area contributed by atoms with Crippen LogP contribution in [0.15, 0.2) is 53.4 Å². The summed E-state index contributed by atoms with van der Waals surface area (Å²) in [6, 6.07) is 6.89. The lowest BCUT2D eigenvalue weighted by Crippen LogP contribution is -2.35. The molecular formula is C16H13F4NO4S. The molecule has 1 N–H and O–H groups in total. The molecule has 0 spiro atoms. The number of hydrogen-bond donors (Lipinski definition) is 1. The van der Waals surface area contributed by atoms with Gasteiger partial charge in [-0.15, -0.1) is 0 Å². The van der Waals surface area contributed by atoms with Crippen LogP contribution in [0.2, 0.25) is 0 Å². The topological polar surface area (TPSA) is 72.5 Å². The number of alkyl halides is 3. The monoisotopic (exact) mass is 391 g/mol. The maximum absolute atomic E-state index is 13.9. The third-order valence-electron chi connectivity index (χ3n) is 3.39. The molecule has 0 aromatic heterocycles. The minimum atomic E-state index is -4.86. The van der Waals surface area contributed by atoms with Gasteiger partial charge in [0.15, 0.2) is 0 Å². The first-order chi connectivity index (χ1) is 12.1. The van der Waals surface area contributed by atoms with Gasteiger partial charge in [0.25, 0.3) is 0 Å². The summed E-state index contributed by atoms with van der Waals surface area (Å²) in [5, 5.41) is 0. The van der Waals surface area contributed by atoms with Crippen LogP contribution in [0.3, 0.4) is 0 Å². The van der Waals surface area contributed by atoms with Crippen LogP contribution in [-0.2, 0) is 25.7 Å². The first-order valence-corrected chi connectivity index (χ1v) is 8.56. The van der Waals surface area contributed by atoms with Gasteiger partial charge in [-0.25, -0.2) is 17.6 Å². The quantitative estimate of drug-likeness (QED) is 0.628. The average Bonchev–Trinajstić information content (AvgIpc) is 2.59. The van der Waals surface area contributed by atoms with Crippen molar-refractivity contribution >= 4 is 16.0 Å². The van der Waals surface area contributed by atoms with E-state index in [1.54, 1.807) is 6.07 Å². The SMILES string of the molecule is COC(=O)C(NS(=O)(=O)c1cc(C(F)(F)F)ccc1F)c1ccccc1. The van der Waals surface area contributed by atoms with Crippen molar-refractivity contribution in [2.75, 3.05) is 7.11 Å². The molecule has 1 atom stereocenters. The molecule has 5 nitrogen and oxygen atoms in total. The number of nitrogens with one attached hydrogen (secondary N) is 1. The summed E-state index contributed by atoms with van der Waals surface area (Å²) in [5.74, 6) is -2.39. The van der Waals surface area contributed by atoms with Crippen molar-refractivity contribution < 1.29 is 35.5 Å². The van der Waals surface area contributed by atoms with Crippen molar-refractivity contribution in [3.05, 3.63) is 65.5 Å². The van der Waals surface area contributed by atoms with E-state index < -0.39 is 44.5 Å². The van der Waals surface area contributed by atoms with Crippen LogP contribution in [0.5, 0.6) is 0 Å². The second-order valence-corrected chi connectivity index (χ2v) is 6.81. The standard InChI is InChI=1S/C16H13F4NO4S/c1-25-15(22)14(10-5-3-2-4-6-10)21-26(23,24)13-9-11(16(18,19)20)7-8-12(13)17/h2-9,14,21H,1H3. The van der Waals surface area contributed by atoms with E-state index in [1.807, 2.05) is 4.72 Å². The first kappa shape index (κ1) is 19.9. The van der Waals surface area contributed by atoms with Crippen LogP contribution in [0.1, 0.15) is 17.2 Å². The molecule has 26 heavy (non-hydrogen) atoms. The Kier molecular flexibility index (Phi) is 5.67. The van der Waals surface area contributed by atoms with Gasteiger partial charge in [-0.3, -0.25) is 0 Å². The summed E-state index contributed by atoms with van der Waals surface area (Å²) >= 11 is 0. The van der Waals surface area contributed by atoms with Gasteiger partial charge in [0, 0.05) is 0 Å². The van der Waals surface area contributed by atoms with Crippen molar-refractivity contribution in [3.63, 3.8) is 0 Å². The van der Waals surface area contributed by atoms with E-state index in [0.29, 0.717) is 12.1 Å². The predicted molar refractivity (Wildman–Crippen MR) is 82.9 cm³/mol. The third kappa shape index (κ3) is 4.38. The summed E-state index contributed by atoms with van der Waals surface area (Å²) < 4.78 is 83.5. The predicted octanol–water partition coefficient (Wildman–Crippen LogP) is 3.04. The minimum Gasteiger partial charge on any atom is -0.468 e. The van der Waals surface area contributed by atoms with E-state index in [0.717, 1.165) is 7.11 Å². The van der Waals surface area contributed by atoms with Crippen molar-refractivity contribution in [1.82, 2.24) is 4.72 Å². The van der Waals surface area contributed by atoms with Gasteiger partial charge in [0.05, 0.1) is 12.7 Å². The number of esters is 1. The zero-order valence-corrected chi connectivity index (χ0v) is 14.1. The Morgan fingerprint density at radius 3 is 2.27 bits per heavy atom. The van der Waals surface area contributed by atoms with E-state index in [-0.39, 0.29) is 11.6 Å². The van der Waals surface area contributed by atoms with E-state index in [4.69, 9.17) is 0 Å². The van der Waals surface area contributed by atoms with E-state index >= 15 is 0 Å². The highest BCUT2D eigenvalue weighted by atomic mass is 32.2. The van der Waals surface area contributed by atoms with E-state index in [9.17, 15) is 30.8 Å². The number of carbonyl (C=O) groups excluding carboxylic acids is 1. The molecule has 140 valence electrons. The Morgan fingerprint density at radius 2 is 1.73 bits per heavy atom. The Morgan fingerprint density at radius 1 is 1.12 bits per heavy atom. The molecule has 2 aromatic carbocycles. The molecule has 0 saturated carbocycles. The molecule has 10 heteroatoms. The molecule has 0 amide bonds. The fourth-order valence-electron chi connectivity index (χ4n) is 2.12. The number of hydrogen-bond acceptors (Lipinski definition) is 4. The maximum atomic E-state index is 13.9. The number of benzene rings is 2. The molecule has 0 heterocycles. The lowest BCUT2D eigenvalue weighted by atomic mass is 10.1. The van der Waals surface area contributed by atoms with Gasteiger partial charge in [0.2, 0.25) is 10.0 Å². The summed E-state index contributed by atoms with van der Waals surface area (Å²) in [7, 11) is -3.79. The highest BCUT2D eigenvalue weighted by molar-refractivity contribution is 7.89. The molecule has 0 bridgehead atoms. The Bertz CT molecular complexity index is 898. The van der Waals surface area contributed by atoms with Crippen molar-refractivity contribution in [2.24, 2.45) is 0 Å². The lowest BCUT2D eigenvalue weighted by molar-refractivity contribution is -0.142. The van der Waals surface area contributed by atoms with Gasteiger partial charge >= 0.3 is 12.1 Å². The number of halogens is 4. The number of rotatable bonds is 5. The molecule has 0 saturated heterocycles. The highest BCUT2D eigenvalue weighted by Gasteiger charge is 2.35. The molecule has 0 aliphatic carbocycles. The van der Waals surface area contributed by atoms with Gasteiger partial charge in [-0.05, 0) is 23.8 Å². The van der Waals surface area contributed by atoms with Crippen LogP contribution >= 0.6 is 0 Å². The molecule has 1 unspecified atom stereocenters. The van der Waals surface area contributed by atoms with E-state index in [2.05, 4.69) is 4.74 Å². The lowest BCUT2D eigenvalue weighted by Gasteiger charge is -2.18. The van der Waals surface area contributed by atoms with Crippen LogP contribution in [0, 0.1) is 5.82 Å². The summed E-state index contributed by atoms with van der Waals surface area (Å²) in [6.07, 6.45) is -4.86. The molecule has 0 radical (unpaired) electrons. The van der Waals surface area contributed by atoms with Gasteiger partial charge in [-0.2, -0.15) is 17.9 Å². The van der Waals surface area contributed by atoms with Crippen LogP contribution in [0.25, 0.3) is 0 Å². The second-order valence-electron chi connectivity index (χ2n) is 5.13. The maximum Gasteiger partial charge on any atom is 0.416 e. The van der Waals surface area contributed by atoms with Crippen LogP contribution in [0.4, 0.5) is 17.6 Å². The fraction of sp³-hybridized carbons (Fsp3) is 0.188. The van der Waals surface area contributed by atoms with Gasteiger partial charge in [-0.1, -0.05) is 30.3 Å². The molecular weight excluding hydrogens is 378 g/mol. The Balaban J connectivity index is 2.48. The van der Waals surface area contributed by atoms with Crippen LogP contribution < -0.4 is 4.72 Å². The van der Waals surface area contributed by atoms with Gasteiger partial charge < -0.3 is 4.74 Å². The van der Waals surface area contributed by atoms with Crippen LogP contribution in [-0.4, -0.2) is 21.5 Å². The largest absolute Gasteiger partial charge is 0.468 e. The average molecular weight is 391 g/mol. The molecule has 2 rings (SSSR count). The summed E-state index contributed by atoms with van der Waals surface area (Å²) in [6.45, 7) is 0. The number of carbonyl (C=O) groups is 1. The fourth-order valence-corrected chi connectivity index (χ4v) is 3.40. The Labute approximate surface area is 146 Å². The molecule has 0 aliphatic heterocycles. The van der Waals surface area contributed by atoms with Crippen molar-refractivity contribution in [1.29, 1.82) is 0 Å². The zero-order chi connectivity index (χ0) is 19.5. The number of ether oxygens (including phenoxy) is 1.